The van der Waals surface area contributed by atoms with Gasteiger partial charge in [-0.3, -0.25) is 4.68 Å². The second-order valence-corrected chi connectivity index (χ2v) is 6.98. The fourth-order valence-electron chi connectivity index (χ4n) is 2.60. The average Bonchev–Trinajstić information content (AvgIpc) is 3.36. The van der Waals surface area contributed by atoms with Gasteiger partial charge in [-0.2, -0.15) is 5.10 Å². The van der Waals surface area contributed by atoms with Crippen molar-refractivity contribution in [2.45, 2.75) is 19.6 Å². The lowest BCUT2D eigenvalue weighted by molar-refractivity contribution is -0.161. The van der Waals surface area contributed by atoms with Crippen molar-refractivity contribution in [1.82, 2.24) is 9.78 Å². The number of rotatable bonds is 7. The van der Waals surface area contributed by atoms with Crippen molar-refractivity contribution in [3.8, 4) is 10.6 Å². The highest BCUT2D eigenvalue weighted by Gasteiger charge is 2.17. The van der Waals surface area contributed by atoms with Gasteiger partial charge in [-0.05, 0) is 30.0 Å². The number of ether oxygens (including phenoxy) is 2. The van der Waals surface area contributed by atoms with Crippen molar-refractivity contribution in [2.24, 2.45) is 0 Å². The van der Waals surface area contributed by atoms with Crippen molar-refractivity contribution in [2.75, 3.05) is 7.11 Å². The molecule has 0 N–H and O–H groups in total. The first-order chi connectivity index (χ1) is 13.6. The van der Waals surface area contributed by atoms with Crippen molar-refractivity contribution in [3.05, 3.63) is 71.2 Å². The van der Waals surface area contributed by atoms with Gasteiger partial charge in [0.15, 0.2) is 6.10 Å². The predicted octanol–water partition coefficient (Wildman–Crippen LogP) is 3.78. The van der Waals surface area contributed by atoms with Crippen LogP contribution < -0.4 is 0 Å². The molecule has 0 fully saturated rings. The maximum Gasteiger partial charge on any atom is 0.346 e. The summed E-state index contributed by atoms with van der Waals surface area (Å²) >= 11 is 1.57. The molecule has 28 heavy (non-hydrogen) atoms. The van der Waals surface area contributed by atoms with Crippen molar-refractivity contribution in [1.29, 1.82) is 0 Å². The minimum atomic E-state index is -0.959. The number of thiophene rings is 1. The number of carbonyl (C=O) groups excluding carboxylic acids is 2. The van der Waals surface area contributed by atoms with Crippen LogP contribution in [0.15, 0.2) is 60.1 Å². The molecule has 0 saturated heterocycles. The maximum atomic E-state index is 12.0. The van der Waals surface area contributed by atoms with E-state index in [-0.39, 0.29) is 0 Å². The number of carbonyl (C=O) groups is 2. The molecule has 2 heterocycles. The highest BCUT2D eigenvalue weighted by molar-refractivity contribution is 7.13. The molecule has 3 rings (SSSR count). The fourth-order valence-corrected chi connectivity index (χ4v) is 3.33. The first kappa shape index (κ1) is 19.6. The van der Waals surface area contributed by atoms with E-state index in [1.807, 2.05) is 58.7 Å². The van der Waals surface area contributed by atoms with Gasteiger partial charge in [-0.25, -0.2) is 9.59 Å². The van der Waals surface area contributed by atoms with Gasteiger partial charge in [-0.1, -0.05) is 36.4 Å². The molecule has 7 heteroatoms. The molecular formula is C21H20N2O4S. The third-order valence-corrected chi connectivity index (χ3v) is 4.83. The summed E-state index contributed by atoms with van der Waals surface area (Å²) in [4.78, 5) is 24.4. The molecule has 1 aromatic carbocycles. The first-order valence-electron chi connectivity index (χ1n) is 8.68. The zero-order valence-electron chi connectivity index (χ0n) is 15.6. The maximum absolute atomic E-state index is 12.0. The summed E-state index contributed by atoms with van der Waals surface area (Å²) < 4.78 is 11.4. The summed E-state index contributed by atoms with van der Waals surface area (Å²) in [7, 11) is 1.25. The van der Waals surface area contributed by atoms with Gasteiger partial charge in [0, 0.05) is 17.8 Å². The van der Waals surface area contributed by atoms with Crippen LogP contribution in [0, 0.1) is 0 Å². The smallest absolute Gasteiger partial charge is 0.346 e. The molecule has 0 spiro atoms. The Balaban J connectivity index is 1.80. The lowest BCUT2D eigenvalue weighted by Gasteiger charge is -2.08. The van der Waals surface area contributed by atoms with E-state index in [4.69, 9.17) is 4.74 Å². The first-order valence-corrected chi connectivity index (χ1v) is 9.56. The second kappa shape index (κ2) is 9.14. The zero-order valence-corrected chi connectivity index (χ0v) is 16.4. The normalized spacial score (nSPS) is 12.1. The van der Waals surface area contributed by atoms with Crippen LogP contribution in [0.5, 0.6) is 0 Å². The van der Waals surface area contributed by atoms with E-state index < -0.39 is 18.0 Å². The lowest BCUT2D eigenvalue weighted by atomic mass is 10.2. The topological polar surface area (TPSA) is 70.4 Å². The van der Waals surface area contributed by atoms with Crippen LogP contribution in [0.1, 0.15) is 18.1 Å². The number of benzene rings is 1. The summed E-state index contributed by atoms with van der Waals surface area (Å²) in [6.07, 6.45) is 3.87. The number of nitrogens with zero attached hydrogens (tertiary/aromatic N) is 2. The highest BCUT2D eigenvalue weighted by atomic mass is 32.1. The summed E-state index contributed by atoms with van der Waals surface area (Å²) in [6, 6.07) is 13.9. The van der Waals surface area contributed by atoms with E-state index in [2.05, 4.69) is 9.84 Å². The number of esters is 2. The fraction of sp³-hybridized carbons (Fsp3) is 0.190. The van der Waals surface area contributed by atoms with Crippen LogP contribution in [-0.4, -0.2) is 34.9 Å². The van der Waals surface area contributed by atoms with Crippen molar-refractivity contribution in [3.63, 3.8) is 0 Å². The Hall–Kier alpha value is -3.19. The monoisotopic (exact) mass is 396 g/mol. The number of aromatic nitrogens is 2. The molecule has 3 aromatic rings. The molecule has 1 unspecified atom stereocenters. The zero-order chi connectivity index (χ0) is 19.9. The molecule has 0 aliphatic heterocycles. The molecule has 1 atom stereocenters. The standard InChI is InChI=1S/C21H20N2O4S/c1-15(21(25)26-2)27-19(24)11-10-17-14-23(13-16-7-4-3-5-8-16)22-20(17)18-9-6-12-28-18/h3-12,14-15H,13H2,1-2H3/b11-10+. The van der Waals surface area contributed by atoms with Crippen LogP contribution in [-0.2, 0) is 25.6 Å². The predicted molar refractivity (Wildman–Crippen MR) is 108 cm³/mol. The van der Waals surface area contributed by atoms with Crippen LogP contribution in [0.3, 0.4) is 0 Å². The van der Waals surface area contributed by atoms with E-state index in [1.54, 1.807) is 17.4 Å². The van der Waals surface area contributed by atoms with E-state index in [1.165, 1.54) is 20.1 Å². The Labute approximate surface area is 167 Å². The van der Waals surface area contributed by atoms with Gasteiger partial charge in [0.1, 0.15) is 5.69 Å². The van der Waals surface area contributed by atoms with Gasteiger partial charge < -0.3 is 9.47 Å². The third kappa shape index (κ3) is 4.95. The lowest BCUT2D eigenvalue weighted by Crippen LogP contribution is -2.24. The SMILES string of the molecule is COC(=O)C(C)OC(=O)/C=C/c1cn(Cc2ccccc2)nc1-c1cccs1. The molecule has 0 bridgehead atoms. The molecule has 0 amide bonds. The Bertz CT molecular complexity index is 962. The van der Waals surface area contributed by atoms with Crippen LogP contribution in [0.2, 0.25) is 0 Å². The molecule has 0 saturated carbocycles. The molecule has 2 aromatic heterocycles. The van der Waals surface area contributed by atoms with Gasteiger partial charge in [0.05, 0.1) is 18.5 Å². The molecule has 144 valence electrons. The van der Waals surface area contributed by atoms with Gasteiger partial charge >= 0.3 is 11.9 Å². The van der Waals surface area contributed by atoms with Gasteiger partial charge in [0.25, 0.3) is 0 Å². The Kier molecular flexibility index (Phi) is 6.39. The summed E-state index contributed by atoms with van der Waals surface area (Å²) in [5.41, 5.74) is 2.71. The second-order valence-electron chi connectivity index (χ2n) is 6.03. The Morgan fingerprint density at radius 1 is 1.21 bits per heavy atom. The minimum absolute atomic E-state index is 0.600. The molecule has 0 aliphatic carbocycles. The number of methoxy groups -OCH3 is 1. The summed E-state index contributed by atoms with van der Waals surface area (Å²) in [5.74, 6) is -1.22. The van der Waals surface area contributed by atoms with Crippen LogP contribution >= 0.6 is 11.3 Å². The van der Waals surface area contributed by atoms with Crippen LogP contribution in [0.25, 0.3) is 16.6 Å². The Morgan fingerprint density at radius 2 is 2.00 bits per heavy atom. The minimum Gasteiger partial charge on any atom is -0.466 e. The summed E-state index contributed by atoms with van der Waals surface area (Å²) in [5, 5.41) is 6.66. The highest BCUT2D eigenvalue weighted by Crippen LogP contribution is 2.27. The molecule has 0 radical (unpaired) electrons. The van der Waals surface area contributed by atoms with E-state index in [9.17, 15) is 9.59 Å². The van der Waals surface area contributed by atoms with E-state index in [0.717, 1.165) is 21.7 Å². The van der Waals surface area contributed by atoms with E-state index in [0.29, 0.717) is 6.54 Å². The number of hydrogen-bond acceptors (Lipinski definition) is 6. The van der Waals surface area contributed by atoms with Crippen LogP contribution in [0.4, 0.5) is 0 Å². The third-order valence-electron chi connectivity index (χ3n) is 3.96. The van der Waals surface area contributed by atoms with Crippen molar-refractivity contribution >= 4 is 29.4 Å². The molecule has 0 aliphatic rings. The van der Waals surface area contributed by atoms with Crippen molar-refractivity contribution < 1.29 is 19.1 Å². The van der Waals surface area contributed by atoms with E-state index >= 15 is 0 Å². The van der Waals surface area contributed by atoms with Gasteiger partial charge in [0.2, 0.25) is 0 Å². The molecule has 6 nitrogen and oxygen atoms in total. The average molecular weight is 396 g/mol. The quantitative estimate of drug-likeness (QED) is 0.449. The largest absolute Gasteiger partial charge is 0.466 e. The molecular weight excluding hydrogens is 376 g/mol. The Morgan fingerprint density at radius 3 is 2.68 bits per heavy atom. The summed E-state index contributed by atoms with van der Waals surface area (Å²) in [6.45, 7) is 2.09. The van der Waals surface area contributed by atoms with Gasteiger partial charge in [-0.15, -0.1) is 11.3 Å². The number of hydrogen-bond donors (Lipinski definition) is 0.